The summed E-state index contributed by atoms with van der Waals surface area (Å²) in [6.45, 7) is 2.10. The summed E-state index contributed by atoms with van der Waals surface area (Å²) in [5.74, 6) is 0. The fraction of sp³-hybridized carbons (Fsp3) is 0.700. The highest BCUT2D eigenvalue weighted by molar-refractivity contribution is 5.05. The summed E-state index contributed by atoms with van der Waals surface area (Å²) < 4.78 is 2.00. The Balaban J connectivity index is 1.95. The Morgan fingerprint density at radius 3 is 2.86 bits per heavy atom. The number of aromatic nitrogens is 2. The maximum atomic E-state index is 9.44. The molecule has 0 spiro atoms. The van der Waals surface area contributed by atoms with Crippen LogP contribution in [0.2, 0.25) is 0 Å². The van der Waals surface area contributed by atoms with Crippen LogP contribution < -0.4 is 5.32 Å². The maximum Gasteiger partial charge on any atom is 0.0946 e. The van der Waals surface area contributed by atoms with Crippen LogP contribution in [0, 0.1) is 0 Å². The molecule has 1 aliphatic carbocycles. The van der Waals surface area contributed by atoms with E-state index in [-0.39, 0.29) is 18.2 Å². The zero-order chi connectivity index (χ0) is 10.1. The van der Waals surface area contributed by atoms with Gasteiger partial charge in [0.25, 0.3) is 0 Å². The van der Waals surface area contributed by atoms with Crippen LogP contribution >= 0.6 is 0 Å². The highest BCUT2D eigenvalue weighted by Gasteiger charge is 2.30. The van der Waals surface area contributed by atoms with Crippen molar-refractivity contribution < 1.29 is 5.11 Å². The predicted molar refractivity (Wildman–Crippen MR) is 53.8 cm³/mol. The molecule has 1 saturated carbocycles. The molecule has 4 nitrogen and oxygen atoms in total. The first-order valence-corrected chi connectivity index (χ1v) is 5.09. The van der Waals surface area contributed by atoms with Gasteiger partial charge in [0.15, 0.2) is 0 Å². The lowest BCUT2D eigenvalue weighted by atomic mass is 9.88. The van der Waals surface area contributed by atoms with Crippen LogP contribution in [0.25, 0.3) is 0 Å². The molecule has 1 aliphatic rings. The molecule has 78 valence electrons. The van der Waals surface area contributed by atoms with Crippen molar-refractivity contribution in [1.82, 2.24) is 14.9 Å². The molecule has 2 rings (SSSR count). The third-order valence-electron chi connectivity index (χ3n) is 3.00. The molecule has 14 heavy (non-hydrogen) atoms. The molecule has 0 saturated heterocycles. The minimum Gasteiger partial charge on any atom is -0.392 e. The van der Waals surface area contributed by atoms with Gasteiger partial charge in [-0.1, -0.05) is 0 Å². The monoisotopic (exact) mass is 195 g/mol. The molecule has 4 heteroatoms. The molecule has 3 atom stereocenters. The van der Waals surface area contributed by atoms with Crippen LogP contribution in [-0.2, 0) is 7.05 Å². The van der Waals surface area contributed by atoms with Crippen molar-refractivity contribution >= 4 is 0 Å². The van der Waals surface area contributed by atoms with Gasteiger partial charge in [0, 0.05) is 25.3 Å². The normalized spacial score (nSPS) is 28.5. The second kappa shape index (κ2) is 3.71. The largest absolute Gasteiger partial charge is 0.392 e. The van der Waals surface area contributed by atoms with Crippen molar-refractivity contribution in [2.24, 2.45) is 7.05 Å². The molecule has 0 radical (unpaired) electrons. The van der Waals surface area contributed by atoms with Crippen LogP contribution in [0.3, 0.4) is 0 Å². The van der Waals surface area contributed by atoms with Crippen LogP contribution in [-0.4, -0.2) is 26.8 Å². The summed E-state index contributed by atoms with van der Waals surface area (Å²) in [7, 11) is 1.98. The molecule has 0 amide bonds. The number of hydrogen-bond acceptors (Lipinski definition) is 3. The zero-order valence-corrected chi connectivity index (χ0v) is 8.64. The number of rotatable bonds is 3. The number of aliphatic hydroxyl groups excluding tert-OH is 1. The van der Waals surface area contributed by atoms with E-state index in [1.807, 2.05) is 17.8 Å². The Kier molecular flexibility index (Phi) is 2.56. The smallest absolute Gasteiger partial charge is 0.0946 e. The van der Waals surface area contributed by atoms with Crippen molar-refractivity contribution in [2.45, 2.75) is 38.0 Å². The summed E-state index contributed by atoms with van der Waals surface area (Å²) in [5, 5.41) is 12.8. The number of hydrogen-bond donors (Lipinski definition) is 2. The molecule has 1 fully saturated rings. The Morgan fingerprint density at radius 2 is 2.43 bits per heavy atom. The van der Waals surface area contributed by atoms with E-state index in [1.165, 1.54) is 0 Å². The maximum absolute atomic E-state index is 9.44. The molecule has 0 aromatic carbocycles. The van der Waals surface area contributed by atoms with Crippen molar-refractivity contribution in [3.63, 3.8) is 0 Å². The van der Waals surface area contributed by atoms with Gasteiger partial charge in [0.1, 0.15) is 0 Å². The first-order valence-electron chi connectivity index (χ1n) is 5.09. The van der Waals surface area contributed by atoms with Gasteiger partial charge in [-0.2, -0.15) is 0 Å². The van der Waals surface area contributed by atoms with Gasteiger partial charge in [-0.05, 0) is 19.8 Å². The van der Waals surface area contributed by atoms with E-state index in [0.717, 1.165) is 18.5 Å². The van der Waals surface area contributed by atoms with E-state index in [9.17, 15) is 5.11 Å². The summed E-state index contributed by atoms with van der Waals surface area (Å²) in [6, 6.07) is 0.516. The second-order valence-corrected chi connectivity index (χ2v) is 4.07. The Labute approximate surface area is 84.0 Å². The zero-order valence-electron chi connectivity index (χ0n) is 8.64. The minimum atomic E-state index is -0.161. The SMILES string of the molecule is CC(N[C@@H]1CC[C@H]1O)c1cncn1C. The molecule has 1 heterocycles. The summed E-state index contributed by atoms with van der Waals surface area (Å²) >= 11 is 0. The van der Waals surface area contributed by atoms with Gasteiger partial charge in [-0.3, -0.25) is 0 Å². The van der Waals surface area contributed by atoms with Crippen LogP contribution in [0.15, 0.2) is 12.5 Å². The molecule has 1 unspecified atom stereocenters. The lowest BCUT2D eigenvalue weighted by Gasteiger charge is -2.35. The van der Waals surface area contributed by atoms with Crippen LogP contribution in [0.5, 0.6) is 0 Å². The number of aryl methyl sites for hydroxylation is 1. The number of nitrogens with one attached hydrogen (secondary N) is 1. The van der Waals surface area contributed by atoms with E-state index in [1.54, 1.807) is 6.33 Å². The highest BCUT2D eigenvalue weighted by atomic mass is 16.3. The van der Waals surface area contributed by atoms with Gasteiger partial charge in [0.05, 0.1) is 18.1 Å². The molecular formula is C10H17N3O. The topological polar surface area (TPSA) is 50.1 Å². The van der Waals surface area contributed by atoms with E-state index >= 15 is 0 Å². The van der Waals surface area contributed by atoms with E-state index in [4.69, 9.17) is 0 Å². The Bertz CT molecular complexity index is 310. The Hall–Kier alpha value is -0.870. The van der Waals surface area contributed by atoms with Crippen molar-refractivity contribution in [1.29, 1.82) is 0 Å². The number of nitrogens with zero attached hydrogens (tertiary/aromatic N) is 2. The van der Waals surface area contributed by atoms with Gasteiger partial charge >= 0.3 is 0 Å². The Morgan fingerprint density at radius 1 is 1.64 bits per heavy atom. The van der Waals surface area contributed by atoms with E-state index in [2.05, 4.69) is 17.2 Å². The second-order valence-electron chi connectivity index (χ2n) is 4.07. The lowest BCUT2D eigenvalue weighted by Crippen LogP contribution is -2.48. The third kappa shape index (κ3) is 1.67. The molecule has 1 aromatic rings. The highest BCUT2D eigenvalue weighted by Crippen LogP contribution is 2.23. The van der Waals surface area contributed by atoms with Crippen LogP contribution in [0.4, 0.5) is 0 Å². The van der Waals surface area contributed by atoms with Crippen molar-refractivity contribution in [3.8, 4) is 0 Å². The molecule has 0 bridgehead atoms. The average molecular weight is 195 g/mol. The first kappa shape index (κ1) is 9.68. The van der Waals surface area contributed by atoms with Gasteiger partial charge < -0.3 is 15.0 Å². The van der Waals surface area contributed by atoms with Gasteiger partial charge in [-0.25, -0.2) is 4.98 Å². The number of imidazole rings is 1. The number of aliphatic hydroxyl groups is 1. The fourth-order valence-electron chi connectivity index (χ4n) is 1.87. The minimum absolute atomic E-state index is 0.161. The molecule has 2 N–H and O–H groups in total. The molecule has 1 aromatic heterocycles. The predicted octanol–water partition coefficient (Wildman–Crippen LogP) is 0.594. The van der Waals surface area contributed by atoms with Crippen molar-refractivity contribution in [2.75, 3.05) is 0 Å². The van der Waals surface area contributed by atoms with Crippen molar-refractivity contribution in [3.05, 3.63) is 18.2 Å². The first-order chi connectivity index (χ1) is 6.68. The fourth-order valence-corrected chi connectivity index (χ4v) is 1.87. The summed E-state index contributed by atoms with van der Waals surface area (Å²) in [4.78, 5) is 4.07. The van der Waals surface area contributed by atoms with E-state index in [0.29, 0.717) is 0 Å². The average Bonchev–Trinajstić information content (AvgIpc) is 2.58. The van der Waals surface area contributed by atoms with Crippen LogP contribution in [0.1, 0.15) is 31.5 Å². The molecule has 0 aliphatic heterocycles. The van der Waals surface area contributed by atoms with Gasteiger partial charge in [0.2, 0.25) is 0 Å². The standard InChI is InChI=1S/C10H17N3O/c1-7(9-5-11-6-13(9)2)12-8-3-4-10(8)14/h5-8,10,12,14H,3-4H2,1-2H3/t7?,8-,10-/m1/s1. The third-order valence-corrected chi connectivity index (χ3v) is 3.00. The van der Waals surface area contributed by atoms with E-state index < -0.39 is 0 Å². The summed E-state index contributed by atoms with van der Waals surface area (Å²) in [6.07, 6.45) is 5.50. The molecular weight excluding hydrogens is 178 g/mol. The lowest BCUT2D eigenvalue weighted by molar-refractivity contribution is 0.0445. The quantitative estimate of drug-likeness (QED) is 0.742. The summed E-state index contributed by atoms with van der Waals surface area (Å²) in [5.41, 5.74) is 1.16. The van der Waals surface area contributed by atoms with Gasteiger partial charge in [-0.15, -0.1) is 0 Å².